The van der Waals surface area contributed by atoms with Gasteiger partial charge in [0.2, 0.25) is 0 Å². The van der Waals surface area contributed by atoms with Crippen LogP contribution in [0.15, 0.2) is 53.4 Å². The molecule has 6 nitrogen and oxygen atoms in total. The first-order chi connectivity index (χ1) is 14.9. The van der Waals surface area contributed by atoms with Gasteiger partial charge in [0.25, 0.3) is 11.8 Å². The van der Waals surface area contributed by atoms with Crippen LogP contribution in [-0.2, 0) is 9.59 Å². The van der Waals surface area contributed by atoms with Gasteiger partial charge in [0.1, 0.15) is 4.32 Å². The molecular formula is C23H24N2O4S2. The Hall–Kier alpha value is -2.84. The van der Waals surface area contributed by atoms with E-state index in [1.54, 1.807) is 35.2 Å². The van der Waals surface area contributed by atoms with Crippen LogP contribution in [0.1, 0.15) is 26.3 Å². The molecule has 2 amide bonds. The number of ether oxygens (including phenoxy) is 2. The predicted molar refractivity (Wildman–Crippen MR) is 128 cm³/mol. The fraction of sp³-hybridized carbons (Fsp3) is 0.261. The number of hydrogen-bond donors (Lipinski definition) is 1. The smallest absolute Gasteiger partial charge is 0.266 e. The number of amides is 2. The molecule has 0 bridgehead atoms. The molecule has 0 aromatic heterocycles. The van der Waals surface area contributed by atoms with Crippen LogP contribution in [0.4, 0.5) is 5.69 Å². The number of hydrogen-bond acceptors (Lipinski definition) is 6. The predicted octanol–water partition coefficient (Wildman–Crippen LogP) is 4.71. The van der Waals surface area contributed by atoms with Gasteiger partial charge in [-0.1, -0.05) is 48.2 Å². The standard InChI is InChI=1S/C23H24N2O4S2/c1-4-28-19-12-16(13-20-22(27)25(15(2)3)23(30)31-20)10-11-18(19)29-14-21(26)24-17-8-6-5-7-9-17/h5-13,15H,4,14H2,1-3H3,(H,24,26)/b20-13-. The van der Waals surface area contributed by atoms with Crippen molar-refractivity contribution in [1.82, 2.24) is 4.90 Å². The van der Waals surface area contributed by atoms with Crippen LogP contribution in [0.2, 0.25) is 0 Å². The number of para-hydroxylation sites is 1. The molecule has 1 aliphatic rings. The minimum Gasteiger partial charge on any atom is -0.490 e. The molecule has 0 radical (unpaired) electrons. The lowest BCUT2D eigenvalue weighted by Gasteiger charge is -2.18. The summed E-state index contributed by atoms with van der Waals surface area (Å²) in [6, 6.07) is 14.5. The van der Waals surface area contributed by atoms with Crippen molar-refractivity contribution in [2.75, 3.05) is 18.5 Å². The summed E-state index contributed by atoms with van der Waals surface area (Å²) in [5.74, 6) is 0.594. The maximum atomic E-state index is 12.6. The quantitative estimate of drug-likeness (QED) is 0.458. The Morgan fingerprint density at radius 3 is 2.55 bits per heavy atom. The summed E-state index contributed by atoms with van der Waals surface area (Å²) < 4.78 is 11.9. The molecule has 162 valence electrons. The lowest BCUT2D eigenvalue weighted by Crippen LogP contribution is -2.34. The van der Waals surface area contributed by atoms with E-state index in [1.165, 1.54) is 11.8 Å². The number of thioether (sulfide) groups is 1. The molecule has 0 unspecified atom stereocenters. The van der Waals surface area contributed by atoms with Crippen molar-refractivity contribution in [2.24, 2.45) is 0 Å². The van der Waals surface area contributed by atoms with E-state index >= 15 is 0 Å². The second-order valence-electron chi connectivity index (χ2n) is 6.99. The maximum absolute atomic E-state index is 12.6. The van der Waals surface area contributed by atoms with Crippen molar-refractivity contribution in [3.8, 4) is 11.5 Å². The number of nitrogens with one attached hydrogen (secondary N) is 1. The van der Waals surface area contributed by atoms with Crippen LogP contribution in [0.3, 0.4) is 0 Å². The molecule has 8 heteroatoms. The lowest BCUT2D eigenvalue weighted by atomic mass is 10.1. The number of rotatable bonds is 8. The first-order valence-electron chi connectivity index (χ1n) is 9.90. The topological polar surface area (TPSA) is 67.9 Å². The molecule has 1 N–H and O–H groups in total. The number of benzene rings is 2. The summed E-state index contributed by atoms with van der Waals surface area (Å²) in [6.45, 7) is 6.01. The molecule has 3 rings (SSSR count). The largest absolute Gasteiger partial charge is 0.490 e. The molecule has 1 aliphatic heterocycles. The van der Waals surface area contributed by atoms with Crippen LogP contribution >= 0.6 is 24.0 Å². The van der Waals surface area contributed by atoms with Crippen molar-refractivity contribution in [3.05, 3.63) is 59.0 Å². The van der Waals surface area contributed by atoms with Gasteiger partial charge in [-0.05, 0) is 56.7 Å². The van der Waals surface area contributed by atoms with Gasteiger partial charge >= 0.3 is 0 Å². The molecular weight excluding hydrogens is 432 g/mol. The zero-order valence-electron chi connectivity index (χ0n) is 17.6. The summed E-state index contributed by atoms with van der Waals surface area (Å²) in [7, 11) is 0. The van der Waals surface area contributed by atoms with E-state index in [0.29, 0.717) is 33.0 Å². The van der Waals surface area contributed by atoms with Gasteiger partial charge in [-0.2, -0.15) is 0 Å². The van der Waals surface area contributed by atoms with Crippen molar-refractivity contribution in [1.29, 1.82) is 0 Å². The van der Waals surface area contributed by atoms with Crippen LogP contribution in [-0.4, -0.2) is 40.3 Å². The van der Waals surface area contributed by atoms with E-state index in [2.05, 4.69) is 5.32 Å². The summed E-state index contributed by atoms with van der Waals surface area (Å²) in [5.41, 5.74) is 1.49. The fourth-order valence-corrected chi connectivity index (χ4v) is 4.46. The van der Waals surface area contributed by atoms with Gasteiger partial charge in [0, 0.05) is 11.7 Å². The average molecular weight is 457 g/mol. The highest BCUT2D eigenvalue weighted by atomic mass is 32.2. The maximum Gasteiger partial charge on any atom is 0.266 e. The molecule has 31 heavy (non-hydrogen) atoms. The minimum absolute atomic E-state index is 0.00944. The normalized spacial score (nSPS) is 15.0. The van der Waals surface area contributed by atoms with Crippen LogP contribution in [0, 0.1) is 0 Å². The lowest BCUT2D eigenvalue weighted by molar-refractivity contribution is -0.123. The monoisotopic (exact) mass is 456 g/mol. The third-order valence-corrected chi connectivity index (χ3v) is 5.65. The Labute approximate surface area is 191 Å². The molecule has 0 saturated carbocycles. The molecule has 1 saturated heterocycles. The van der Waals surface area contributed by atoms with Gasteiger partial charge in [-0.15, -0.1) is 0 Å². The number of nitrogens with zero attached hydrogens (tertiary/aromatic N) is 1. The minimum atomic E-state index is -0.268. The summed E-state index contributed by atoms with van der Waals surface area (Å²) in [4.78, 5) is 27.0. The molecule has 1 heterocycles. The first kappa shape index (κ1) is 22.8. The van der Waals surface area contributed by atoms with Crippen LogP contribution in [0.5, 0.6) is 11.5 Å². The van der Waals surface area contributed by atoms with E-state index in [1.807, 2.05) is 45.0 Å². The second-order valence-corrected chi connectivity index (χ2v) is 8.66. The van der Waals surface area contributed by atoms with Crippen molar-refractivity contribution < 1.29 is 19.1 Å². The highest BCUT2D eigenvalue weighted by Gasteiger charge is 2.33. The van der Waals surface area contributed by atoms with Gasteiger partial charge in [0.15, 0.2) is 18.1 Å². The highest BCUT2D eigenvalue weighted by molar-refractivity contribution is 8.26. The Kier molecular flexibility index (Phi) is 7.70. The fourth-order valence-electron chi connectivity index (χ4n) is 2.94. The zero-order valence-corrected chi connectivity index (χ0v) is 19.2. The van der Waals surface area contributed by atoms with Crippen molar-refractivity contribution in [3.63, 3.8) is 0 Å². The number of carbonyl (C=O) groups excluding carboxylic acids is 2. The van der Waals surface area contributed by atoms with E-state index in [-0.39, 0.29) is 24.5 Å². The van der Waals surface area contributed by atoms with Crippen LogP contribution in [0.25, 0.3) is 6.08 Å². The van der Waals surface area contributed by atoms with Gasteiger partial charge < -0.3 is 14.8 Å². The van der Waals surface area contributed by atoms with Crippen LogP contribution < -0.4 is 14.8 Å². The molecule has 0 atom stereocenters. The summed E-state index contributed by atoms with van der Waals surface area (Å²) >= 11 is 6.61. The van der Waals surface area contributed by atoms with Crippen molar-refractivity contribution >= 4 is 51.9 Å². The third kappa shape index (κ3) is 5.86. The summed E-state index contributed by atoms with van der Waals surface area (Å²) in [5, 5.41) is 2.77. The highest BCUT2D eigenvalue weighted by Crippen LogP contribution is 2.35. The molecule has 2 aromatic rings. The average Bonchev–Trinajstić information content (AvgIpc) is 3.01. The Bertz CT molecular complexity index is 1010. The Balaban J connectivity index is 1.72. The van der Waals surface area contributed by atoms with Gasteiger partial charge in [-0.3, -0.25) is 14.5 Å². The number of carbonyl (C=O) groups is 2. The first-order valence-corrected chi connectivity index (χ1v) is 11.1. The SMILES string of the molecule is CCOc1cc(/C=C2\SC(=S)N(C(C)C)C2=O)ccc1OCC(=O)Nc1ccccc1. The zero-order chi connectivity index (χ0) is 22.4. The van der Waals surface area contributed by atoms with Crippen molar-refractivity contribution in [2.45, 2.75) is 26.8 Å². The molecule has 1 fully saturated rings. The van der Waals surface area contributed by atoms with E-state index in [0.717, 1.165) is 5.56 Å². The van der Waals surface area contributed by atoms with E-state index < -0.39 is 0 Å². The second kappa shape index (κ2) is 10.5. The molecule has 2 aromatic carbocycles. The summed E-state index contributed by atoms with van der Waals surface area (Å²) in [6.07, 6.45) is 1.79. The molecule has 0 spiro atoms. The Morgan fingerprint density at radius 2 is 1.90 bits per heavy atom. The van der Waals surface area contributed by atoms with E-state index in [4.69, 9.17) is 21.7 Å². The van der Waals surface area contributed by atoms with Gasteiger partial charge in [0.05, 0.1) is 11.5 Å². The van der Waals surface area contributed by atoms with Gasteiger partial charge in [-0.25, -0.2) is 0 Å². The molecule has 0 aliphatic carbocycles. The third-order valence-electron chi connectivity index (χ3n) is 4.32. The Morgan fingerprint density at radius 1 is 1.16 bits per heavy atom. The number of thiocarbonyl (C=S) groups is 1. The van der Waals surface area contributed by atoms with E-state index in [9.17, 15) is 9.59 Å². The number of anilines is 1.